The standard InChI is InChI=1S/C31H39N3O4S/c1-4-11-20(2)32-28(37)26-31-17-16-30(3,39-31)24(27(36)33-22-14-9-6-10-15-22)25(31)29(38)34(26)23(19-35)18-21-12-7-5-8-13-21/h5-10,12-15,20,23-26,35H,4,11,16-19H2,1-3H3,(H,32,37)(H,33,36)/t20?,23-,24-,25+,26?,30+,31?/m1/s1. The third-order valence-electron chi connectivity index (χ3n) is 8.82. The maximum atomic E-state index is 14.4. The zero-order valence-electron chi connectivity index (χ0n) is 22.9. The van der Waals surface area contributed by atoms with Gasteiger partial charge in [0.05, 0.1) is 29.2 Å². The van der Waals surface area contributed by atoms with Crippen molar-refractivity contribution in [1.82, 2.24) is 10.2 Å². The minimum Gasteiger partial charge on any atom is -0.394 e. The van der Waals surface area contributed by atoms with E-state index in [1.54, 1.807) is 16.7 Å². The number of anilines is 1. The van der Waals surface area contributed by atoms with E-state index in [-0.39, 0.29) is 30.4 Å². The van der Waals surface area contributed by atoms with Gasteiger partial charge in [-0.1, -0.05) is 61.9 Å². The van der Waals surface area contributed by atoms with E-state index in [0.717, 1.165) is 24.8 Å². The highest BCUT2D eigenvalue weighted by atomic mass is 32.2. The van der Waals surface area contributed by atoms with E-state index < -0.39 is 33.4 Å². The molecule has 1 spiro atoms. The molecule has 3 fully saturated rings. The van der Waals surface area contributed by atoms with E-state index in [9.17, 15) is 19.5 Å². The van der Waals surface area contributed by atoms with Crippen LogP contribution in [0.4, 0.5) is 5.69 Å². The van der Waals surface area contributed by atoms with E-state index >= 15 is 0 Å². The lowest BCUT2D eigenvalue weighted by Gasteiger charge is -2.37. The molecule has 3 aliphatic heterocycles. The highest BCUT2D eigenvalue weighted by Gasteiger charge is 2.77. The molecule has 0 aromatic heterocycles. The van der Waals surface area contributed by atoms with Gasteiger partial charge in [-0.05, 0) is 57.2 Å². The number of benzene rings is 2. The van der Waals surface area contributed by atoms with Crippen molar-refractivity contribution >= 4 is 35.2 Å². The van der Waals surface area contributed by atoms with Gasteiger partial charge in [0.1, 0.15) is 6.04 Å². The van der Waals surface area contributed by atoms with Gasteiger partial charge in [-0.15, -0.1) is 11.8 Å². The fourth-order valence-electron chi connectivity index (χ4n) is 7.16. The lowest BCUT2D eigenvalue weighted by Crippen LogP contribution is -2.58. The Bertz CT molecular complexity index is 1210. The number of aliphatic hydroxyl groups excluding tert-OH is 1. The first kappa shape index (κ1) is 27.7. The number of rotatable bonds is 10. The summed E-state index contributed by atoms with van der Waals surface area (Å²) < 4.78 is -1.17. The highest BCUT2D eigenvalue weighted by Crippen LogP contribution is 2.71. The zero-order valence-corrected chi connectivity index (χ0v) is 23.7. The van der Waals surface area contributed by atoms with Crippen molar-refractivity contribution in [3.05, 3.63) is 66.2 Å². The Morgan fingerprint density at radius 3 is 2.38 bits per heavy atom. The molecule has 0 saturated carbocycles. The second kappa shape index (κ2) is 11.0. The number of hydrogen-bond acceptors (Lipinski definition) is 5. The first-order valence-corrected chi connectivity index (χ1v) is 14.9. The van der Waals surface area contributed by atoms with Crippen LogP contribution in [0.25, 0.3) is 0 Å². The van der Waals surface area contributed by atoms with Crippen LogP contribution in [-0.4, -0.2) is 62.0 Å². The maximum Gasteiger partial charge on any atom is 0.244 e. The minimum atomic E-state index is -0.753. The molecule has 3 saturated heterocycles. The summed E-state index contributed by atoms with van der Waals surface area (Å²) in [6.45, 7) is 5.87. The summed E-state index contributed by atoms with van der Waals surface area (Å²) in [5, 5.41) is 16.8. The smallest absolute Gasteiger partial charge is 0.244 e. The molecular formula is C31H39N3O4S. The number of hydrogen-bond donors (Lipinski definition) is 3. The maximum absolute atomic E-state index is 14.4. The van der Waals surface area contributed by atoms with E-state index in [1.807, 2.05) is 67.6 Å². The minimum absolute atomic E-state index is 0.0343. The first-order valence-electron chi connectivity index (χ1n) is 14.1. The van der Waals surface area contributed by atoms with E-state index in [2.05, 4.69) is 24.5 Å². The fraction of sp³-hybridized carbons (Fsp3) is 0.516. The Balaban J connectivity index is 1.53. The highest BCUT2D eigenvalue weighted by molar-refractivity contribution is 8.02. The van der Waals surface area contributed by atoms with E-state index in [4.69, 9.17) is 0 Å². The van der Waals surface area contributed by atoms with Crippen molar-refractivity contribution in [2.24, 2.45) is 11.8 Å². The molecule has 3 N–H and O–H groups in total. The monoisotopic (exact) mass is 549 g/mol. The summed E-state index contributed by atoms with van der Waals surface area (Å²) in [7, 11) is 0. The van der Waals surface area contributed by atoms with Crippen LogP contribution in [0.15, 0.2) is 60.7 Å². The van der Waals surface area contributed by atoms with Crippen molar-refractivity contribution in [3.63, 3.8) is 0 Å². The van der Waals surface area contributed by atoms with E-state index in [1.165, 1.54) is 0 Å². The number of nitrogens with one attached hydrogen (secondary N) is 2. The van der Waals surface area contributed by atoms with Gasteiger partial charge >= 0.3 is 0 Å². The van der Waals surface area contributed by atoms with Gasteiger partial charge in [0, 0.05) is 16.5 Å². The molecule has 8 heteroatoms. The lowest BCUT2D eigenvalue weighted by atomic mass is 9.66. The largest absolute Gasteiger partial charge is 0.394 e. The molecule has 3 unspecified atom stereocenters. The lowest BCUT2D eigenvalue weighted by molar-refractivity contribution is -0.142. The molecule has 7 nitrogen and oxygen atoms in total. The molecule has 39 heavy (non-hydrogen) atoms. The van der Waals surface area contributed by atoms with Crippen LogP contribution in [0.3, 0.4) is 0 Å². The summed E-state index contributed by atoms with van der Waals surface area (Å²) in [5.74, 6) is -1.77. The van der Waals surface area contributed by atoms with Crippen LogP contribution < -0.4 is 10.6 Å². The predicted octanol–water partition coefficient (Wildman–Crippen LogP) is 4.01. The van der Waals surface area contributed by atoms with E-state index in [0.29, 0.717) is 18.5 Å². The number of aliphatic hydroxyl groups is 1. The van der Waals surface area contributed by atoms with Gasteiger partial charge in [0.15, 0.2) is 0 Å². The van der Waals surface area contributed by atoms with Crippen molar-refractivity contribution < 1.29 is 19.5 Å². The summed E-state index contributed by atoms with van der Waals surface area (Å²) in [6.07, 6.45) is 3.63. The second-order valence-corrected chi connectivity index (χ2v) is 13.4. The molecule has 3 heterocycles. The number of nitrogens with zero attached hydrogens (tertiary/aromatic N) is 1. The fourth-order valence-corrected chi connectivity index (χ4v) is 9.51. The number of carbonyl (C=O) groups excluding carboxylic acids is 3. The summed E-state index contributed by atoms with van der Waals surface area (Å²) in [6, 6.07) is 17.7. The van der Waals surface area contributed by atoms with Crippen LogP contribution in [0, 0.1) is 11.8 Å². The number of carbonyl (C=O) groups is 3. The van der Waals surface area contributed by atoms with Gasteiger partial charge in [0.2, 0.25) is 17.7 Å². The van der Waals surface area contributed by atoms with Gasteiger partial charge in [-0.3, -0.25) is 14.4 Å². The quantitative estimate of drug-likeness (QED) is 0.416. The summed E-state index contributed by atoms with van der Waals surface area (Å²) >= 11 is 1.65. The topological polar surface area (TPSA) is 98.7 Å². The summed E-state index contributed by atoms with van der Waals surface area (Å²) in [5.41, 5.74) is 1.68. The van der Waals surface area contributed by atoms with Crippen molar-refractivity contribution in [2.45, 2.75) is 80.5 Å². The average molecular weight is 550 g/mol. The van der Waals surface area contributed by atoms with Gasteiger partial charge in [-0.25, -0.2) is 0 Å². The molecule has 5 rings (SSSR count). The van der Waals surface area contributed by atoms with Crippen LogP contribution in [0.2, 0.25) is 0 Å². The molecule has 2 bridgehead atoms. The Morgan fingerprint density at radius 2 is 1.74 bits per heavy atom. The molecule has 208 valence electrons. The molecular weight excluding hydrogens is 510 g/mol. The molecule has 3 aliphatic rings. The Hall–Kier alpha value is -2.84. The Kier molecular flexibility index (Phi) is 7.80. The number of thioether (sulfide) groups is 1. The predicted molar refractivity (Wildman–Crippen MR) is 154 cm³/mol. The Labute approximate surface area is 235 Å². The van der Waals surface area contributed by atoms with Crippen LogP contribution in [-0.2, 0) is 20.8 Å². The molecule has 3 amide bonds. The SMILES string of the molecule is CCCC(C)NC(=O)C1N([C@@H](CO)Cc2ccccc2)C(=O)[C@@H]2[C@H](C(=O)Nc3ccccc3)[C@]3(C)CCC12S3. The average Bonchev–Trinajstić information content (AvgIpc) is 3.49. The molecule has 0 aliphatic carbocycles. The summed E-state index contributed by atoms with van der Waals surface area (Å²) in [4.78, 5) is 44.0. The van der Waals surface area contributed by atoms with Gasteiger partial charge in [-0.2, -0.15) is 0 Å². The first-order chi connectivity index (χ1) is 18.7. The van der Waals surface area contributed by atoms with Crippen molar-refractivity contribution in [3.8, 4) is 0 Å². The number of likely N-dealkylation sites (tertiary alicyclic amines) is 1. The van der Waals surface area contributed by atoms with Crippen LogP contribution in [0.1, 0.15) is 52.0 Å². The normalized spacial score (nSPS) is 30.6. The molecule has 2 aromatic carbocycles. The third kappa shape index (κ3) is 4.86. The van der Waals surface area contributed by atoms with Crippen LogP contribution in [0.5, 0.6) is 0 Å². The van der Waals surface area contributed by atoms with Crippen molar-refractivity contribution in [2.75, 3.05) is 11.9 Å². The second-order valence-electron chi connectivity index (χ2n) is 11.6. The van der Waals surface area contributed by atoms with Crippen LogP contribution >= 0.6 is 11.8 Å². The molecule has 2 aromatic rings. The number of fused-ring (bicyclic) bond motifs is 1. The Morgan fingerprint density at radius 1 is 1.08 bits per heavy atom. The zero-order chi connectivity index (χ0) is 27.8. The molecule has 7 atom stereocenters. The van der Waals surface area contributed by atoms with Gasteiger partial charge < -0.3 is 20.6 Å². The molecule has 0 radical (unpaired) electrons. The van der Waals surface area contributed by atoms with Gasteiger partial charge in [0.25, 0.3) is 0 Å². The number of amides is 3. The third-order valence-corrected chi connectivity index (χ3v) is 10.8. The van der Waals surface area contributed by atoms with Crippen molar-refractivity contribution in [1.29, 1.82) is 0 Å². The number of para-hydroxylation sites is 1.